The van der Waals surface area contributed by atoms with Gasteiger partial charge in [0.15, 0.2) is 0 Å². The first kappa shape index (κ1) is 13.2. The molecule has 19 heavy (non-hydrogen) atoms. The van der Waals surface area contributed by atoms with Crippen LogP contribution in [0.4, 0.5) is 4.39 Å². The number of nitrogens with zero attached hydrogens (tertiary/aromatic N) is 2. The number of hydrogen-bond donors (Lipinski definition) is 1. The minimum atomic E-state index is -0.637. The maximum atomic E-state index is 13.2. The lowest BCUT2D eigenvalue weighted by Gasteiger charge is -2.05. The van der Waals surface area contributed by atoms with Crippen molar-refractivity contribution < 1.29 is 4.39 Å². The van der Waals surface area contributed by atoms with E-state index in [1.165, 1.54) is 18.3 Å². The summed E-state index contributed by atoms with van der Waals surface area (Å²) in [7, 11) is 0. The van der Waals surface area contributed by atoms with Crippen molar-refractivity contribution in [1.29, 1.82) is 5.26 Å². The highest BCUT2D eigenvalue weighted by Crippen LogP contribution is 2.10. The van der Waals surface area contributed by atoms with Gasteiger partial charge >= 0.3 is 5.69 Å². The van der Waals surface area contributed by atoms with Crippen LogP contribution >= 0.6 is 15.9 Å². The Balaban J connectivity index is 2.49. The molecule has 0 aliphatic heterocycles. The number of halogens is 2. The zero-order valence-electron chi connectivity index (χ0n) is 9.48. The summed E-state index contributed by atoms with van der Waals surface area (Å²) in [4.78, 5) is 25.7. The van der Waals surface area contributed by atoms with Crippen molar-refractivity contribution in [2.24, 2.45) is 0 Å². The molecule has 2 aromatic rings. The summed E-state index contributed by atoms with van der Waals surface area (Å²) in [6.45, 7) is -0.0391. The molecule has 0 radical (unpaired) electrons. The lowest BCUT2D eigenvalue weighted by atomic mass is 10.1. The smallest absolute Gasteiger partial charge is 0.313 e. The Morgan fingerprint density at radius 2 is 2.16 bits per heavy atom. The first-order valence-corrected chi connectivity index (χ1v) is 5.99. The molecule has 2 rings (SSSR count). The maximum absolute atomic E-state index is 13.2. The van der Waals surface area contributed by atoms with E-state index in [0.717, 1.165) is 10.6 Å². The van der Waals surface area contributed by atoms with Gasteiger partial charge < -0.3 is 4.98 Å². The summed E-state index contributed by atoms with van der Waals surface area (Å²) in [6.07, 6.45) is 1.26. The molecular weight excluding hydrogens is 317 g/mol. The minimum absolute atomic E-state index is 0.0391. The van der Waals surface area contributed by atoms with Crippen molar-refractivity contribution in [2.45, 2.75) is 6.54 Å². The Morgan fingerprint density at radius 3 is 2.84 bits per heavy atom. The highest BCUT2D eigenvalue weighted by Gasteiger charge is 2.08. The van der Waals surface area contributed by atoms with Crippen LogP contribution in [-0.2, 0) is 6.54 Å². The molecule has 0 saturated heterocycles. The predicted molar refractivity (Wildman–Crippen MR) is 69.2 cm³/mol. The molecule has 1 heterocycles. The molecule has 0 bridgehead atoms. The third-order valence-corrected chi connectivity index (χ3v) is 3.08. The van der Waals surface area contributed by atoms with Crippen LogP contribution < -0.4 is 11.2 Å². The average molecular weight is 324 g/mol. The third kappa shape index (κ3) is 2.63. The molecule has 1 N–H and O–H groups in total. The first-order chi connectivity index (χ1) is 9.02. The lowest BCUT2D eigenvalue weighted by molar-refractivity contribution is 0.621. The van der Waals surface area contributed by atoms with Crippen LogP contribution in [0.5, 0.6) is 0 Å². The fourth-order valence-electron chi connectivity index (χ4n) is 1.57. The standard InChI is InChI=1S/C12H7BrFN3O2/c13-9-5-16-12(19)17(11(9)18)6-7-1-2-10(14)8(3-7)4-15/h1-3,5H,6H2,(H,16,19). The van der Waals surface area contributed by atoms with E-state index in [1.54, 1.807) is 6.07 Å². The van der Waals surface area contributed by atoms with E-state index in [1.807, 2.05) is 0 Å². The van der Waals surface area contributed by atoms with Gasteiger partial charge in [0.25, 0.3) is 5.56 Å². The quantitative estimate of drug-likeness (QED) is 0.906. The normalized spacial score (nSPS) is 10.2. The molecule has 96 valence electrons. The van der Waals surface area contributed by atoms with Crippen LogP contribution in [-0.4, -0.2) is 9.55 Å². The predicted octanol–water partition coefficient (Wildman–Crippen LogP) is 1.36. The molecule has 0 atom stereocenters. The van der Waals surface area contributed by atoms with Crippen LogP contribution in [0, 0.1) is 17.1 Å². The molecule has 7 heteroatoms. The number of aromatic amines is 1. The summed E-state index contributed by atoms with van der Waals surface area (Å²) in [5, 5.41) is 8.73. The van der Waals surface area contributed by atoms with Gasteiger partial charge in [-0.05, 0) is 33.6 Å². The second-order valence-corrected chi connectivity index (χ2v) is 4.61. The van der Waals surface area contributed by atoms with E-state index in [2.05, 4.69) is 20.9 Å². The summed E-state index contributed by atoms with van der Waals surface area (Å²) in [6, 6.07) is 5.56. The number of rotatable bonds is 2. The second kappa shape index (κ2) is 5.20. The molecule has 0 spiro atoms. The fourth-order valence-corrected chi connectivity index (χ4v) is 1.90. The number of H-pyrrole nitrogens is 1. The molecule has 1 aromatic carbocycles. The molecule has 0 aliphatic carbocycles. The summed E-state index contributed by atoms with van der Waals surface area (Å²) >= 11 is 3.02. The van der Waals surface area contributed by atoms with Gasteiger partial charge in [0.1, 0.15) is 11.9 Å². The van der Waals surface area contributed by atoms with Gasteiger partial charge in [0, 0.05) is 6.20 Å². The first-order valence-electron chi connectivity index (χ1n) is 5.19. The largest absolute Gasteiger partial charge is 0.328 e. The van der Waals surface area contributed by atoms with Gasteiger partial charge in [-0.15, -0.1) is 0 Å². The SMILES string of the molecule is N#Cc1cc(Cn2c(=O)[nH]cc(Br)c2=O)ccc1F. The van der Waals surface area contributed by atoms with Crippen molar-refractivity contribution >= 4 is 15.9 Å². The highest BCUT2D eigenvalue weighted by atomic mass is 79.9. The van der Waals surface area contributed by atoms with E-state index in [4.69, 9.17) is 5.26 Å². The molecule has 0 fully saturated rings. The molecule has 0 unspecified atom stereocenters. The Kier molecular flexibility index (Phi) is 3.62. The molecule has 1 aromatic heterocycles. The number of aromatic nitrogens is 2. The minimum Gasteiger partial charge on any atom is -0.313 e. The molecule has 0 saturated carbocycles. The van der Waals surface area contributed by atoms with Crippen molar-refractivity contribution in [3.05, 3.63) is 66.7 Å². The zero-order chi connectivity index (χ0) is 14.0. The zero-order valence-corrected chi connectivity index (χ0v) is 11.1. The van der Waals surface area contributed by atoms with E-state index in [0.29, 0.717) is 5.56 Å². The van der Waals surface area contributed by atoms with Crippen molar-refractivity contribution in [2.75, 3.05) is 0 Å². The summed E-state index contributed by atoms with van der Waals surface area (Å²) < 4.78 is 14.3. The van der Waals surface area contributed by atoms with E-state index < -0.39 is 17.1 Å². The van der Waals surface area contributed by atoms with Gasteiger partial charge in [-0.1, -0.05) is 6.07 Å². The third-order valence-electron chi connectivity index (χ3n) is 2.51. The van der Waals surface area contributed by atoms with Gasteiger partial charge in [-0.2, -0.15) is 5.26 Å². The Morgan fingerprint density at radius 1 is 1.42 bits per heavy atom. The molecule has 0 amide bonds. The number of nitriles is 1. The van der Waals surface area contributed by atoms with Gasteiger partial charge in [0.05, 0.1) is 16.6 Å². The molecule has 5 nitrogen and oxygen atoms in total. The Labute approximate surface area is 115 Å². The van der Waals surface area contributed by atoms with Gasteiger partial charge in [0.2, 0.25) is 0 Å². The Bertz CT molecular complexity index is 789. The topological polar surface area (TPSA) is 78.7 Å². The number of hydrogen-bond acceptors (Lipinski definition) is 3. The van der Waals surface area contributed by atoms with Crippen LogP contribution in [0.15, 0.2) is 38.5 Å². The van der Waals surface area contributed by atoms with Crippen LogP contribution in [0.1, 0.15) is 11.1 Å². The van der Waals surface area contributed by atoms with Crippen molar-refractivity contribution in [1.82, 2.24) is 9.55 Å². The second-order valence-electron chi connectivity index (χ2n) is 3.76. The van der Waals surface area contributed by atoms with Crippen molar-refractivity contribution in [3.63, 3.8) is 0 Å². The van der Waals surface area contributed by atoms with E-state index in [9.17, 15) is 14.0 Å². The van der Waals surface area contributed by atoms with Crippen LogP contribution in [0.3, 0.4) is 0 Å². The van der Waals surface area contributed by atoms with Gasteiger partial charge in [-0.25, -0.2) is 9.18 Å². The highest BCUT2D eigenvalue weighted by molar-refractivity contribution is 9.10. The van der Waals surface area contributed by atoms with E-state index >= 15 is 0 Å². The maximum Gasteiger partial charge on any atom is 0.328 e. The monoisotopic (exact) mass is 323 g/mol. The number of benzene rings is 1. The van der Waals surface area contributed by atoms with Gasteiger partial charge in [-0.3, -0.25) is 9.36 Å². The van der Waals surface area contributed by atoms with Crippen molar-refractivity contribution in [3.8, 4) is 6.07 Å². The summed E-state index contributed by atoms with van der Waals surface area (Å²) in [5.41, 5.74) is -0.705. The average Bonchev–Trinajstić information content (AvgIpc) is 2.41. The van der Waals surface area contributed by atoms with Crippen LogP contribution in [0.25, 0.3) is 0 Å². The lowest BCUT2D eigenvalue weighted by Crippen LogP contribution is -2.35. The number of nitrogens with one attached hydrogen (secondary N) is 1. The summed E-state index contributed by atoms with van der Waals surface area (Å²) in [5.74, 6) is -0.637. The molecule has 0 aliphatic rings. The van der Waals surface area contributed by atoms with Crippen LogP contribution in [0.2, 0.25) is 0 Å². The van der Waals surface area contributed by atoms with E-state index in [-0.39, 0.29) is 16.6 Å². The molecular formula is C12H7BrFN3O2. The Hall–Kier alpha value is -2.20. The fraction of sp³-hybridized carbons (Fsp3) is 0.0833.